The van der Waals surface area contributed by atoms with E-state index >= 15 is 0 Å². The summed E-state index contributed by atoms with van der Waals surface area (Å²) in [5.74, 6) is -1.58. The Morgan fingerprint density at radius 1 is 1.26 bits per heavy atom. The van der Waals surface area contributed by atoms with Crippen LogP contribution in [0, 0.1) is 11.7 Å². The molecule has 0 aliphatic rings. The van der Waals surface area contributed by atoms with Gasteiger partial charge in [0.15, 0.2) is 0 Å². The molecule has 1 rings (SSSR count). The van der Waals surface area contributed by atoms with Gasteiger partial charge in [0.05, 0.1) is 0 Å². The van der Waals surface area contributed by atoms with Gasteiger partial charge in [-0.15, -0.1) is 0 Å². The summed E-state index contributed by atoms with van der Waals surface area (Å²) in [4.78, 5) is 11.7. The topological polar surface area (TPSA) is 101 Å². The Hall–Kier alpha value is -1.51. The van der Waals surface area contributed by atoms with Crippen LogP contribution in [0.3, 0.4) is 0 Å². The Kier molecular flexibility index (Phi) is 7.60. The number of unbranched alkanes of at least 4 members (excludes halogenated alkanes) is 1. The van der Waals surface area contributed by atoms with Crippen molar-refractivity contribution in [3.05, 3.63) is 30.1 Å². The van der Waals surface area contributed by atoms with Crippen molar-refractivity contribution in [3.8, 4) is 0 Å². The van der Waals surface area contributed by atoms with E-state index in [9.17, 15) is 17.6 Å². The highest BCUT2D eigenvalue weighted by Crippen LogP contribution is 2.15. The molecular weight excluding hydrogens is 321 g/mol. The summed E-state index contributed by atoms with van der Waals surface area (Å²) in [7, 11) is -4.12. The molecular formula is C15H24FN3O3S. The third-order valence-electron chi connectivity index (χ3n) is 3.29. The van der Waals surface area contributed by atoms with Crippen LogP contribution in [-0.2, 0) is 14.8 Å². The van der Waals surface area contributed by atoms with Gasteiger partial charge in [0.25, 0.3) is 0 Å². The van der Waals surface area contributed by atoms with E-state index < -0.39 is 32.7 Å². The van der Waals surface area contributed by atoms with Crippen molar-refractivity contribution in [1.29, 1.82) is 0 Å². The minimum Gasteiger partial charge on any atom is -0.355 e. The zero-order valence-electron chi connectivity index (χ0n) is 13.4. The Bertz CT molecular complexity index is 620. The first kappa shape index (κ1) is 19.5. The summed E-state index contributed by atoms with van der Waals surface area (Å²) >= 11 is 0. The van der Waals surface area contributed by atoms with Gasteiger partial charge in [-0.1, -0.05) is 26.0 Å². The number of sulfonamides is 1. The van der Waals surface area contributed by atoms with Crippen molar-refractivity contribution in [2.24, 2.45) is 11.7 Å². The molecule has 0 aliphatic carbocycles. The number of nitrogens with one attached hydrogen (secondary N) is 2. The van der Waals surface area contributed by atoms with Crippen LogP contribution in [-0.4, -0.2) is 33.5 Å². The third kappa shape index (κ3) is 5.89. The number of carbonyl (C=O) groups excluding carboxylic acids is 1. The zero-order valence-corrected chi connectivity index (χ0v) is 14.2. The predicted octanol–water partition coefficient (Wildman–Crippen LogP) is 0.984. The third-order valence-corrected chi connectivity index (χ3v) is 4.76. The van der Waals surface area contributed by atoms with E-state index in [0.717, 1.165) is 18.6 Å². The number of rotatable bonds is 9. The van der Waals surface area contributed by atoms with Gasteiger partial charge >= 0.3 is 0 Å². The lowest BCUT2D eigenvalue weighted by atomic mass is 10.1. The summed E-state index contributed by atoms with van der Waals surface area (Å²) in [6.45, 7) is 4.38. The molecule has 8 heteroatoms. The lowest BCUT2D eigenvalue weighted by molar-refractivity contribution is -0.123. The van der Waals surface area contributed by atoms with Crippen LogP contribution in [0.15, 0.2) is 29.2 Å². The largest absolute Gasteiger partial charge is 0.355 e. The van der Waals surface area contributed by atoms with Crippen molar-refractivity contribution in [2.75, 3.05) is 13.1 Å². The molecule has 23 heavy (non-hydrogen) atoms. The van der Waals surface area contributed by atoms with E-state index in [1.807, 2.05) is 0 Å². The van der Waals surface area contributed by atoms with Crippen LogP contribution in [0.5, 0.6) is 0 Å². The Labute approximate surface area is 136 Å². The minimum atomic E-state index is -4.12. The molecule has 1 atom stereocenters. The predicted molar refractivity (Wildman–Crippen MR) is 86.6 cm³/mol. The minimum absolute atomic E-state index is 0.286. The molecule has 4 N–H and O–H groups in total. The molecule has 0 spiro atoms. The van der Waals surface area contributed by atoms with Crippen LogP contribution in [0.4, 0.5) is 4.39 Å². The highest BCUT2D eigenvalue weighted by atomic mass is 32.2. The fourth-order valence-corrected chi connectivity index (χ4v) is 3.40. The number of carbonyl (C=O) groups is 1. The number of benzene rings is 1. The van der Waals surface area contributed by atoms with E-state index in [0.29, 0.717) is 19.5 Å². The molecule has 0 fully saturated rings. The average molecular weight is 345 g/mol. The van der Waals surface area contributed by atoms with Crippen LogP contribution in [0.1, 0.15) is 26.7 Å². The van der Waals surface area contributed by atoms with Gasteiger partial charge in [0, 0.05) is 6.54 Å². The number of amides is 1. The smallest absolute Gasteiger partial charge is 0.244 e. The molecule has 0 saturated carbocycles. The monoisotopic (exact) mass is 345 g/mol. The SMILES string of the molecule is CC(C)C(NS(=O)(=O)c1ccccc1F)C(=O)NCCCCN. The fourth-order valence-electron chi connectivity index (χ4n) is 1.98. The van der Waals surface area contributed by atoms with E-state index in [4.69, 9.17) is 5.73 Å². The van der Waals surface area contributed by atoms with Crippen molar-refractivity contribution >= 4 is 15.9 Å². The summed E-state index contributed by atoms with van der Waals surface area (Å²) < 4.78 is 40.6. The second-order valence-electron chi connectivity index (χ2n) is 5.56. The summed E-state index contributed by atoms with van der Waals surface area (Å²) in [5.41, 5.74) is 5.38. The highest BCUT2D eigenvalue weighted by molar-refractivity contribution is 7.89. The van der Waals surface area contributed by atoms with E-state index in [-0.39, 0.29) is 5.92 Å². The van der Waals surface area contributed by atoms with Gasteiger partial charge in [-0.2, -0.15) is 4.72 Å². The first-order valence-electron chi connectivity index (χ1n) is 7.54. The van der Waals surface area contributed by atoms with Crippen LogP contribution < -0.4 is 15.8 Å². The molecule has 0 radical (unpaired) electrons. The van der Waals surface area contributed by atoms with Crippen LogP contribution >= 0.6 is 0 Å². The van der Waals surface area contributed by atoms with E-state index in [1.54, 1.807) is 13.8 Å². The molecule has 1 unspecified atom stereocenters. The van der Waals surface area contributed by atoms with Crippen LogP contribution in [0.2, 0.25) is 0 Å². The molecule has 0 aromatic heterocycles. The average Bonchev–Trinajstić information content (AvgIpc) is 2.49. The van der Waals surface area contributed by atoms with Gasteiger partial charge < -0.3 is 11.1 Å². The Morgan fingerprint density at radius 3 is 2.48 bits per heavy atom. The standard InChI is InChI=1S/C15H24FN3O3S/c1-11(2)14(15(20)18-10-6-5-9-17)19-23(21,22)13-8-4-3-7-12(13)16/h3-4,7-8,11,14,19H,5-6,9-10,17H2,1-2H3,(H,18,20). The van der Waals surface area contributed by atoms with Gasteiger partial charge in [-0.25, -0.2) is 12.8 Å². The number of halogens is 1. The van der Waals surface area contributed by atoms with Crippen molar-refractivity contribution in [3.63, 3.8) is 0 Å². The second-order valence-corrected chi connectivity index (χ2v) is 7.24. The maximum Gasteiger partial charge on any atom is 0.244 e. The maximum absolute atomic E-state index is 13.7. The normalized spacial score (nSPS) is 13.1. The first-order chi connectivity index (χ1) is 10.8. The summed E-state index contributed by atoms with van der Waals surface area (Å²) in [6.07, 6.45) is 1.49. The van der Waals surface area contributed by atoms with Crippen molar-refractivity contribution in [1.82, 2.24) is 10.0 Å². The summed E-state index contributed by atoms with van der Waals surface area (Å²) in [6, 6.07) is 4.07. The molecule has 0 heterocycles. The Balaban J connectivity index is 2.83. The van der Waals surface area contributed by atoms with Gasteiger partial charge in [0.2, 0.25) is 15.9 Å². The lowest BCUT2D eigenvalue weighted by Gasteiger charge is -2.21. The summed E-state index contributed by atoms with van der Waals surface area (Å²) in [5, 5.41) is 2.67. The van der Waals surface area contributed by atoms with Gasteiger partial charge in [0.1, 0.15) is 16.8 Å². The quantitative estimate of drug-likeness (QED) is 0.581. The molecule has 6 nitrogen and oxygen atoms in total. The van der Waals surface area contributed by atoms with Gasteiger partial charge in [-0.3, -0.25) is 4.79 Å². The van der Waals surface area contributed by atoms with Crippen LogP contribution in [0.25, 0.3) is 0 Å². The molecule has 1 aromatic carbocycles. The van der Waals surface area contributed by atoms with E-state index in [2.05, 4.69) is 10.0 Å². The van der Waals surface area contributed by atoms with Crippen molar-refractivity contribution in [2.45, 2.75) is 37.6 Å². The number of hydrogen-bond acceptors (Lipinski definition) is 4. The molecule has 130 valence electrons. The first-order valence-corrected chi connectivity index (χ1v) is 9.02. The lowest BCUT2D eigenvalue weighted by Crippen LogP contribution is -2.49. The fraction of sp³-hybridized carbons (Fsp3) is 0.533. The van der Waals surface area contributed by atoms with Crippen molar-refractivity contribution < 1.29 is 17.6 Å². The van der Waals surface area contributed by atoms with E-state index in [1.165, 1.54) is 12.1 Å². The number of hydrogen-bond donors (Lipinski definition) is 3. The van der Waals surface area contributed by atoms with Gasteiger partial charge in [-0.05, 0) is 37.4 Å². The second kappa shape index (κ2) is 8.95. The molecule has 0 bridgehead atoms. The Morgan fingerprint density at radius 2 is 1.91 bits per heavy atom. The number of nitrogens with two attached hydrogens (primary N) is 1. The molecule has 1 amide bonds. The zero-order chi connectivity index (χ0) is 17.5. The molecule has 0 aliphatic heterocycles. The highest BCUT2D eigenvalue weighted by Gasteiger charge is 2.29. The maximum atomic E-state index is 13.7. The molecule has 0 saturated heterocycles. The molecule has 1 aromatic rings.